The molecule has 9 nitrogen and oxygen atoms in total. The molecule has 9 heteroatoms. The van der Waals surface area contributed by atoms with Gasteiger partial charge in [-0.05, 0) is 22.3 Å². The first-order chi connectivity index (χ1) is 14.4. The number of nitrogens with one attached hydrogen (secondary N) is 1. The lowest BCUT2D eigenvalue weighted by Crippen LogP contribution is -2.64. The Morgan fingerprint density at radius 2 is 1.47 bits per heavy atom. The van der Waals surface area contributed by atoms with E-state index in [1.165, 1.54) is 0 Å². The van der Waals surface area contributed by atoms with Gasteiger partial charge in [-0.2, -0.15) is 0 Å². The molecule has 2 aromatic rings. The van der Waals surface area contributed by atoms with Crippen LogP contribution in [0.2, 0.25) is 0 Å². The van der Waals surface area contributed by atoms with E-state index in [0.29, 0.717) is 0 Å². The first-order valence-corrected chi connectivity index (χ1v) is 9.42. The molecule has 4 rings (SSSR count). The van der Waals surface area contributed by atoms with Gasteiger partial charge in [0.1, 0.15) is 24.9 Å². The molecule has 0 aromatic heterocycles. The lowest BCUT2D eigenvalue weighted by atomic mass is 9.98. The van der Waals surface area contributed by atoms with Gasteiger partial charge in [0.15, 0.2) is 12.3 Å². The summed E-state index contributed by atoms with van der Waals surface area (Å²) in [6.45, 7) is 0.0101. The Morgan fingerprint density at radius 3 is 2.03 bits per heavy atom. The summed E-state index contributed by atoms with van der Waals surface area (Å²) in [4.78, 5) is 23.4. The van der Waals surface area contributed by atoms with Gasteiger partial charge >= 0.3 is 12.1 Å². The summed E-state index contributed by atoms with van der Waals surface area (Å²) in [6.07, 6.45) is -9.68. The molecule has 1 fully saturated rings. The molecule has 1 amide bonds. The van der Waals surface area contributed by atoms with Gasteiger partial charge in [0, 0.05) is 5.92 Å². The molecule has 2 aliphatic rings. The fraction of sp³-hybridized carbons (Fsp3) is 0.333. The lowest BCUT2D eigenvalue weighted by Gasteiger charge is -2.38. The van der Waals surface area contributed by atoms with Gasteiger partial charge < -0.3 is 29.9 Å². The molecule has 0 unspecified atom stereocenters. The number of benzene rings is 2. The number of aliphatic hydroxyl groups is 3. The van der Waals surface area contributed by atoms with Crippen molar-refractivity contribution in [1.29, 1.82) is 0 Å². The molecule has 30 heavy (non-hydrogen) atoms. The van der Waals surface area contributed by atoms with Crippen molar-refractivity contribution in [3.05, 3.63) is 59.7 Å². The summed E-state index contributed by atoms with van der Waals surface area (Å²) < 4.78 is 10.3. The third kappa shape index (κ3) is 3.52. The summed E-state index contributed by atoms with van der Waals surface area (Å²) in [6, 6.07) is 15.6. The van der Waals surface area contributed by atoms with Gasteiger partial charge in [-0.3, -0.25) is 5.32 Å². The predicted molar refractivity (Wildman–Crippen MR) is 103 cm³/mol. The number of ether oxygens (including phenoxy) is 2. The van der Waals surface area contributed by atoms with Crippen LogP contribution in [0.4, 0.5) is 4.79 Å². The highest BCUT2D eigenvalue weighted by Gasteiger charge is 2.47. The summed E-state index contributed by atoms with van der Waals surface area (Å²) >= 11 is 0. The van der Waals surface area contributed by atoms with E-state index in [1.54, 1.807) is 0 Å². The molecule has 158 valence electrons. The number of fused-ring (bicyclic) bond motifs is 3. The minimum atomic E-state index is -1.84. The predicted octanol–water partition coefficient (Wildman–Crippen LogP) is 0.417. The summed E-state index contributed by atoms with van der Waals surface area (Å²) in [5, 5.41) is 40.8. The van der Waals surface area contributed by atoms with E-state index in [1.807, 2.05) is 48.5 Å². The highest BCUT2D eigenvalue weighted by atomic mass is 16.6. The largest absolute Gasteiger partial charge is 0.479 e. The van der Waals surface area contributed by atoms with E-state index in [4.69, 9.17) is 14.6 Å². The zero-order valence-corrected chi connectivity index (χ0v) is 15.7. The lowest BCUT2D eigenvalue weighted by molar-refractivity contribution is -0.232. The highest BCUT2D eigenvalue weighted by Crippen LogP contribution is 2.44. The second kappa shape index (κ2) is 8.04. The number of aliphatic carboxylic acids is 1. The molecule has 1 aliphatic heterocycles. The number of aliphatic hydroxyl groups excluding tert-OH is 3. The van der Waals surface area contributed by atoms with Gasteiger partial charge in [0.25, 0.3) is 0 Å². The van der Waals surface area contributed by atoms with Crippen molar-refractivity contribution in [2.24, 2.45) is 0 Å². The zero-order valence-electron chi connectivity index (χ0n) is 15.7. The van der Waals surface area contributed by atoms with E-state index in [0.717, 1.165) is 22.3 Å². The Labute approximate surface area is 171 Å². The van der Waals surface area contributed by atoms with Gasteiger partial charge in [-0.1, -0.05) is 48.5 Å². The van der Waals surface area contributed by atoms with E-state index in [2.05, 4.69) is 5.32 Å². The maximum atomic E-state index is 12.3. The van der Waals surface area contributed by atoms with Crippen LogP contribution in [-0.2, 0) is 14.3 Å². The van der Waals surface area contributed by atoms with Gasteiger partial charge in [-0.25, -0.2) is 9.59 Å². The average Bonchev–Trinajstić information content (AvgIpc) is 3.06. The van der Waals surface area contributed by atoms with Crippen LogP contribution >= 0.6 is 0 Å². The molecule has 5 N–H and O–H groups in total. The van der Waals surface area contributed by atoms with Crippen molar-refractivity contribution in [3.8, 4) is 11.1 Å². The highest BCUT2D eigenvalue weighted by molar-refractivity contribution is 5.79. The topological polar surface area (TPSA) is 146 Å². The Balaban J connectivity index is 1.44. The molecule has 0 bridgehead atoms. The number of carboxylic acids is 1. The molecule has 2 aromatic carbocycles. The molecular formula is C21H21NO8. The van der Waals surface area contributed by atoms with E-state index in [-0.39, 0.29) is 12.5 Å². The average molecular weight is 415 g/mol. The first kappa shape index (κ1) is 20.3. The maximum absolute atomic E-state index is 12.3. The monoisotopic (exact) mass is 415 g/mol. The molecule has 5 atom stereocenters. The summed E-state index contributed by atoms with van der Waals surface area (Å²) in [5.74, 6) is -1.72. The van der Waals surface area contributed by atoms with Gasteiger partial charge in [0.2, 0.25) is 0 Å². The SMILES string of the molecule is O=C(N[C@@H]1O[C@H](C(=O)O)[C@H](O)[C@H](O)[C@H]1O)OCC1c2ccccc2-c2ccccc21. The Kier molecular flexibility index (Phi) is 5.44. The number of hydrogen-bond acceptors (Lipinski definition) is 7. The van der Waals surface area contributed by atoms with Crippen molar-refractivity contribution >= 4 is 12.1 Å². The summed E-state index contributed by atoms with van der Waals surface area (Å²) in [5.41, 5.74) is 4.17. The summed E-state index contributed by atoms with van der Waals surface area (Å²) in [7, 11) is 0. The number of amides is 1. The van der Waals surface area contributed by atoms with Gasteiger partial charge in [-0.15, -0.1) is 0 Å². The number of hydrogen-bond donors (Lipinski definition) is 5. The number of rotatable bonds is 4. The number of carboxylic acid groups (broad SMARTS) is 1. The van der Waals surface area contributed by atoms with Crippen LogP contribution < -0.4 is 5.32 Å². The second-order valence-corrected chi connectivity index (χ2v) is 7.26. The minimum Gasteiger partial charge on any atom is -0.479 e. The van der Waals surface area contributed by atoms with Crippen LogP contribution in [0.25, 0.3) is 11.1 Å². The number of carbonyl (C=O) groups excluding carboxylic acids is 1. The quantitative estimate of drug-likeness (QED) is 0.483. The Bertz CT molecular complexity index is 918. The van der Waals surface area contributed by atoms with Crippen molar-refractivity contribution < 1.29 is 39.5 Å². The van der Waals surface area contributed by atoms with Crippen LogP contribution in [0.3, 0.4) is 0 Å². The standard InChI is InChI=1S/C21H21NO8/c23-15-16(24)18(20(26)27)30-19(17(15)25)22-21(28)29-9-14-12-7-3-1-5-10(12)11-6-2-4-8-13(11)14/h1-8,14-19,23-25H,9H2,(H,22,28)(H,26,27)/t15-,16+,17+,18-,19+/m0/s1. The molecule has 1 saturated heterocycles. The van der Waals surface area contributed by atoms with Crippen molar-refractivity contribution in [1.82, 2.24) is 5.32 Å². The molecule has 0 saturated carbocycles. The normalized spacial score (nSPS) is 27.8. The van der Waals surface area contributed by atoms with E-state index >= 15 is 0 Å². The zero-order chi connectivity index (χ0) is 21.4. The number of alkyl carbamates (subject to hydrolysis) is 1. The molecule has 1 heterocycles. The van der Waals surface area contributed by atoms with Crippen LogP contribution in [0.5, 0.6) is 0 Å². The van der Waals surface area contributed by atoms with Crippen molar-refractivity contribution in [2.45, 2.75) is 36.6 Å². The van der Waals surface area contributed by atoms with Crippen LogP contribution in [0.1, 0.15) is 17.0 Å². The van der Waals surface area contributed by atoms with E-state index in [9.17, 15) is 24.9 Å². The van der Waals surface area contributed by atoms with Crippen molar-refractivity contribution in [2.75, 3.05) is 6.61 Å². The number of carbonyl (C=O) groups is 2. The second-order valence-electron chi connectivity index (χ2n) is 7.26. The van der Waals surface area contributed by atoms with Crippen LogP contribution in [0, 0.1) is 0 Å². The van der Waals surface area contributed by atoms with Crippen molar-refractivity contribution in [3.63, 3.8) is 0 Å². The fourth-order valence-corrected chi connectivity index (χ4v) is 3.96. The Morgan fingerprint density at radius 1 is 0.900 bits per heavy atom. The molecule has 0 radical (unpaired) electrons. The third-order valence-electron chi connectivity index (χ3n) is 5.46. The minimum absolute atomic E-state index is 0.0101. The van der Waals surface area contributed by atoms with Gasteiger partial charge in [0.05, 0.1) is 0 Å². The smallest absolute Gasteiger partial charge is 0.409 e. The maximum Gasteiger partial charge on any atom is 0.409 e. The Hall–Kier alpha value is -2.98. The fourth-order valence-electron chi connectivity index (χ4n) is 3.96. The first-order valence-electron chi connectivity index (χ1n) is 9.42. The van der Waals surface area contributed by atoms with Crippen LogP contribution in [0.15, 0.2) is 48.5 Å². The third-order valence-corrected chi connectivity index (χ3v) is 5.46. The molecule has 1 aliphatic carbocycles. The van der Waals surface area contributed by atoms with Crippen LogP contribution in [-0.4, -0.2) is 69.7 Å². The molecular weight excluding hydrogens is 394 g/mol. The van der Waals surface area contributed by atoms with E-state index < -0.39 is 42.7 Å². The molecule has 0 spiro atoms.